The van der Waals surface area contributed by atoms with Gasteiger partial charge in [0.2, 0.25) is 21.9 Å². The molecule has 8 nitrogen and oxygen atoms in total. The zero-order chi connectivity index (χ0) is 21.3. The summed E-state index contributed by atoms with van der Waals surface area (Å²) in [6.07, 6.45) is 2.36. The molecule has 1 amide bonds. The lowest BCUT2D eigenvalue weighted by Gasteiger charge is -2.32. The van der Waals surface area contributed by atoms with Crippen molar-refractivity contribution in [2.75, 3.05) is 39.9 Å². The maximum absolute atomic E-state index is 12.8. The number of sulfonamides is 1. The summed E-state index contributed by atoms with van der Waals surface area (Å²) in [5.41, 5.74) is 3.15. The minimum absolute atomic E-state index is 0.0365. The Labute approximate surface area is 177 Å². The van der Waals surface area contributed by atoms with E-state index < -0.39 is 10.0 Å². The van der Waals surface area contributed by atoms with Crippen molar-refractivity contribution in [3.8, 4) is 0 Å². The molecule has 0 unspecified atom stereocenters. The molecular weight excluding hydrogens is 402 g/mol. The van der Waals surface area contributed by atoms with E-state index in [1.807, 2.05) is 19.9 Å². The van der Waals surface area contributed by atoms with Crippen molar-refractivity contribution >= 4 is 33.3 Å². The molecule has 1 atom stereocenters. The molecule has 0 bridgehead atoms. The standard InChI is InChI=1S/C21H27N5O3S/c1-15-13-16(2)23-21(22-15)25-10-3-5-17(14-25)20(27)24-18-6-8-19(9-7-18)26-11-4-12-30(26,28)29/h6-9,13,17H,3-5,10-12,14H2,1-2H3,(H,24,27)/t17-/m0/s1. The van der Waals surface area contributed by atoms with Crippen LogP contribution in [-0.2, 0) is 14.8 Å². The summed E-state index contributed by atoms with van der Waals surface area (Å²) >= 11 is 0. The predicted molar refractivity (Wildman–Crippen MR) is 117 cm³/mol. The predicted octanol–water partition coefficient (Wildman–Crippen LogP) is 2.49. The SMILES string of the molecule is Cc1cc(C)nc(N2CCC[C@H](C(=O)Nc3ccc(N4CCCS4(=O)=O)cc3)C2)n1. The number of carbonyl (C=O) groups is 1. The molecule has 1 aromatic carbocycles. The van der Waals surface area contributed by atoms with Gasteiger partial charge in [0.05, 0.1) is 17.4 Å². The molecule has 2 saturated heterocycles. The molecule has 0 radical (unpaired) electrons. The molecular formula is C21H27N5O3S. The Kier molecular flexibility index (Phi) is 5.64. The summed E-state index contributed by atoms with van der Waals surface area (Å²) in [6, 6.07) is 8.95. The molecule has 0 spiro atoms. The Morgan fingerprint density at radius 3 is 2.40 bits per heavy atom. The van der Waals surface area contributed by atoms with Gasteiger partial charge in [0, 0.05) is 36.7 Å². The van der Waals surface area contributed by atoms with Crippen molar-refractivity contribution in [2.45, 2.75) is 33.1 Å². The number of nitrogens with zero attached hydrogens (tertiary/aromatic N) is 4. The van der Waals surface area contributed by atoms with E-state index in [2.05, 4.69) is 20.2 Å². The lowest BCUT2D eigenvalue weighted by molar-refractivity contribution is -0.120. The number of hydrogen-bond acceptors (Lipinski definition) is 6. The number of anilines is 3. The Morgan fingerprint density at radius 2 is 1.77 bits per heavy atom. The van der Waals surface area contributed by atoms with E-state index >= 15 is 0 Å². The molecule has 0 saturated carbocycles. The van der Waals surface area contributed by atoms with E-state index in [4.69, 9.17) is 0 Å². The van der Waals surface area contributed by atoms with Crippen LogP contribution in [0.3, 0.4) is 0 Å². The first-order valence-corrected chi connectivity index (χ1v) is 11.9. The van der Waals surface area contributed by atoms with Gasteiger partial charge in [-0.2, -0.15) is 0 Å². The van der Waals surface area contributed by atoms with Gasteiger partial charge in [0.1, 0.15) is 0 Å². The van der Waals surface area contributed by atoms with Crippen molar-refractivity contribution in [1.82, 2.24) is 9.97 Å². The van der Waals surface area contributed by atoms with Crippen LogP contribution in [0.25, 0.3) is 0 Å². The van der Waals surface area contributed by atoms with Gasteiger partial charge in [-0.05, 0) is 63.4 Å². The van der Waals surface area contributed by atoms with Crippen molar-refractivity contribution in [2.24, 2.45) is 5.92 Å². The van der Waals surface area contributed by atoms with Crippen molar-refractivity contribution < 1.29 is 13.2 Å². The first kappa shape index (κ1) is 20.6. The molecule has 160 valence electrons. The lowest BCUT2D eigenvalue weighted by atomic mass is 9.97. The monoisotopic (exact) mass is 429 g/mol. The van der Waals surface area contributed by atoms with Gasteiger partial charge < -0.3 is 10.2 Å². The topological polar surface area (TPSA) is 95.5 Å². The summed E-state index contributed by atoms with van der Waals surface area (Å²) in [7, 11) is -3.20. The van der Waals surface area contributed by atoms with E-state index in [1.54, 1.807) is 24.3 Å². The van der Waals surface area contributed by atoms with Crippen molar-refractivity contribution in [1.29, 1.82) is 0 Å². The Hall–Kier alpha value is -2.68. The van der Waals surface area contributed by atoms with Gasteiger partial charge >= 0.3 is 0 Å². The third-order valence-electron chi connectivity index (χ3n) is 5.57. The van der Waals surface area contributed by atoms with E-state index in [9.17, 15) is 13.2 Å². The number of piperidine rings is 1. The average Bonchev–Trinajstić information content (AvgIpc) is 3.07. The minimum atomic E-state index is -3.20. The number of rotatable bonds is 4. The van der Waals surface area contributed by atoms with E-state index in [0.717, 1.165) is 30.8 Å². The molecule has 0 aliphatic carbocycles. The highest BCUT2D eigenvalue weighted by molar-refractivity contribution is 7.93. The second-order valence-electron chi connectivity index (χ2n) is 8.01. The van der Waals surface area contributed by atoms with E-state index in [-0.39, 0.29) is 17.6 Å². The second kappa shape index (κ2) is 8.22. The van der Waals surface area contributed by atoms with Crippen molar-refractivity contribution in [3.05, 3.63) is 41.7 Å². The number of amides is 1. The van der Waals surface area contributed by atoms with Crippen LogP contribution in [0.1, 0.15) is 30.7 Å². The first-order valence-electron chi connectivity index (χ1n) is 10.3. The highest BCUT2D eigenvalue weighted by Gasteiger charge is 2.29. The van der Waals surface area contributed by atoms with Crippen LogP contribution in [0, 0.1) is 19.8 Å². The molecule has 1 aromatic heterocycles. The number of hydrogen-bond donors (Lipinski definition) is 1. The van der Waals surface area contributed by atoms with Crippen LogP contribution in [0.15, 0.2) is 30.3 Å². The number of benzene rings is 1. The minimum Gasteiger partial charge on any atom is -0.340 e. The third-order valence-corrected chi connectivity index (χ3v) is 7.44. The Bertz CT molecular complexity index is 1020. The van der Waals surface area contributed by atoms with Gasteiger partial charge in [-0.25, -0.2) is 18.4 Å². The van der Waals surface area contributed by atoms with Crippen LogP contribution in [0.2, 0.25) is 0 Å². The van der Waals surface area contributed by atoms with E-state index in [1.165, 1.54) is 4.31 Å². The van der Waals surface area contributed by atoms with Crippen LogP contribution in [0.4, 0.5) is 17.3 Å². The van der Waals surface area contributed by atoms with Gasteiger partial charge in [0.15, 0.2) is 0 Å². The molecule has 9 heteroatoms. The number of nitrogens with one attached hydrogen (secondary N) is 1. The summed E-state index contributed by atoms with van der Waals surface area (Å²) in [6.45, 7) is 5.82. The molecule has 3 heterocycles. The van der Waals surface area contributed by atoms with Crippen LogP contribution >= 0.6 is 0 Å². The van der Waals surface area contributed by atoms with Gasteiger partial charge in [-0.15, -0.1) is 0 Å². The van der Waals surface area contributed by atoms with Gasteiger partial charge in [-0.3, -0.25) is 9.10 Å². The Morgan fingerprint density at radius 1 is 1.07 bits per heavy atom. The fourth-order valence-corrected chi connectivity index (χ4v) is 5.67. The van der Waals surface area contributed by atoms with Gasteiger partial charge in [-0.1, -0.05) is 0 Å². The highest BCUT2D eigenvalue weighted by atomic mass is 32.2. The van der Waals surface area contributed by atoms with Crippen LogP contribution in [-0.4, -0.2) is 49.7 Å². The fraction of sp³-hybridized carbons (Fsp3) is 0.476. The lowest BCUT2D eigenvalue weighted by Crippen LogP contribution is -2.41. The smallest absolute Gasteiger partial charge is 0.235 e. The molecule has 2 aliphatic heterocycles. The summed E-state index contributed by atoms with van der Waals surface area (Å²) in [5, 5.41) is 2.97. The molecule has 4 rings (SSSR count). The van der Waals surface area contributed by atoms with Crippen LogP contribution in [0.5, 0.6) is 0 Å². The largest absolute Gasteiger partial charge is 0.340 e. The number of aromatic nitrogens is 2. The Balaban J connectivity index is 1.41. The quantitative estimate of drug-likeness (QED) is 0.802. The van der Waals surface area contributed by atoms with Gasteiger partial charge in [0.25, 0.3) is 0 Å². The number of carbonyl (C=O) groups excluding carboxylic acids is 1. The second-order valence-corrected chi connectivity index (χ2v) is 10.0. The van der Waals surface area contributed by atoms with Crippen LogP contribution < -0.4 is 14.5 Å². The first-order chi connectivity index (χ1) is 14.3. The normalized spacial score (nSPS) is 20.9. The number of aryl methyl sites for hydroxylation is 2. The average molecular weight is 430 g/mol. The molecule has 1 N–H and O–H groups in total. The molecule has 2 aliphatic rings. The zero-order valence-corrected chi connectivity index (χ0v) is 18.2. The third kappa shape index (κ3) is 4.40. The molecule has 2 fully saturated rings. The summed E-state index contributed by atoms with van der Waals surface area (Å²) in [4.78, 5) is 24.0. The summed E-state index contributed by atoms with van der Waals surface area (Å²) < 4.78 is 25.6. The fourth-order valence-electron chi connectivity index (χ4n) is 4.11. The highest BCUT2D eigenvalue weighted by Crippen LogP contribution is 2.26. The molecule has 2 aromatic rings. The summed E-state index contributed by atoms with van der Waals surface area (Å²) in [5.74, 6) is 0.682. The molecule has 30 heavy (non-hydrogen) atoms. The van der Waals surface area contributed by atoms with E-state index in [0.29, 0.717) is 36.8 Å². The van der Waals surface area contributed by atoms with Crippen molar-refractivity contribution in [3.63, 3.8) is 0 Å². The maximum atomic E-state index is 12.8. The maximum Gasteiger partial charge on any atom is 0.235 e. The zero-order valence-electron chi connectivity index (χ0n) is 17.3.